The molecule has 0 aliphatic carbocycles. The number of carbonyl (C=O) groups is 1. The Bertz CT molecular complexity index is 613. The van der Waals surface area contributed by atoms with Gasteiger partial charge in [-0.15, -0.1) is 0 Å². The van der Waals surface area contributed by atoms with Crippen LogP contribution in [0.1, 0.15) is 34.5 Å². The van der Waals surface area contributed by atoms with E-state index in [1.54, 1.807) is 13.0 Å². The van der Waals surface area contributed by atoms with Crippen LogP contribution in [0.25, 0.3) is 0 Å². The van der Waals surface area contributed by atoms with Crippen LogP contribution in [0.2, 0.25) is 0 Å². The predicted octanol–water partition coefficient (Wildman–Crippen LogP) is 2.51. The van der Waals surface area contributed by atoms with E-state index in [0.717, 1.165) is 24.5 Å². The average molecular weight is 285 g/mol. The Labute approximate surface area is 124 Å². The van der Waals surface area contributed by atoms with Gasteiger partial charge in [0.2, 0.25) is 0 Å². The van der Waals surface area contributed by atoms with Crippen LogP contribution in [0.4, 0.5) is 5.82 Å². The number of nitrogens with one attached hydrogen (secondary N) is 1. The van der Waals surface area contributed by atoms with E-state index < -0.39 is 0 Å². The van der Waals surface area contributed by atoms with Gasteiger partial charge in [0.25, 0.3) is 5.91 Å². The first kappa shape index (κ1) is 13.7. The van der Waals surface area contributed by atoms with Crippen LogP contribution < -0.4 is 10.2 Å². The first-order valence-corrected chi connectivity index (χ1v) is 7.26. The van der Waals surface area contributed by atoms with Crippen molar-refractivity contribution >= 4 is 11.7 Å². The monoisotopic (exact) mass is 285 g/mol. The van der Waals surface area contributed by atoms with E-state index in [1.165, 1.54) is 19.1 Å². The van der Waals surface area contributed by atoms with Gasteiger partial charge in [-0.25, -0.2) is 4.98 Å². The van der Waals surface area contributed by atoms with Crippen LogP contribution in [0.5, 0.6) is 0 Å². The summed E-state index contributed by atoms with van der Waals surface area (Å²) < 4.78 is 5.13. The maximum atomic E-state index is 12.0. The maximum absolute atomic E-state index is 12.0. The molecule has 3 rings (SSSR count). The largest absolute Gasteiger partial charge is 0.469 e. The number of furan rings is 1. The van der Waals surface area contributed by atoms with Gasteiger partial charge in [-0.2, -0.15) is 0 Å². The molecule has 5 nitrogen and oxygen atoms in total. The molecule has 5 heteroatoms. The van der Waals surface area contributed by atoms with E-state index >= 15 is 0 Å². The highest BCUT2D eigenvalue weighted by Gasteiger charge is 2.13. The molecule has 1 amide bonds. The highest BCUT2D eigenvalue weighted by atomic mass is 16.3. The quantitative estimate of drug-likeness (QED) is 0.937. The molecule has 0 bridgehead atoms. The molecule has 0 atom stereocenters. The lowest BCUT2D eigenvalue weighted by atomic mass is 10.2. The third-order valence-corrected chi connectivity index (χ3v) is 3.80. The van der Waals surface area contributed by atoms with Crippen LogP contribution in [0, 0.1) is 6.92 Å². The number of anilines is 1. The number of amides is 1. The fourth-order valence-electron chi connectivity index (χ4n) is 2.55. The summed E-state index contributed by atoms with van der Waals surface area (Å²) in [6, 6.07) is 5.72. The van der Waals surface area contributed by atoms with E-state index in [-0.39, 0.29) is 5.91 Å². The number of nitrogens with zero attached hydrogens (tertiary/aromatic N) is 2. The Hall–Kier alpha value is -2.30. The first-order chi connectivity index (χ1) is 10.2. The summed E-state index contributed by atoms with van der Waals surface area (Å²) in [4.78, 5) is 18.7. The minimum absolute atomic E-state index is 0.120. The predicted molar refractivity (Wildman–Crippen MR) is 80.3 cm³/mol. The van der Waals surface area contributed by atoms with Gasteiger partial charge in [0, 0.05) is 25.8 Å². The molecule has 0 radical (unpaired) electrons. The molecule has 2 aromatic rings. The van der Waals surface area contributed by atoms with E-state index in [0.29, 0.717) is 17.9 Å². The van der Waals surface area contributed by atoms with Crippen molar-refractivity contribution in [2.24, 2.45) is 0 Å². The second-order valence-electron chi connectivity index (χ2n) is 5.29. The van der Waals surface area contributed by atoms with Gasteiger partial charge in [0.1, 0.15) is 11.6 Å². The Kier molecular flexibility index (Phi) is 3.90. The smallest absolute Gasteiger partial charge is 0.255 e. The number of pyridine rings is 1. The second-order valence-corrected chi connectivity index (χ2v) is 5.29. The molecular weight excluding hydrogens is 266 g/mol. The van der Waals surface area contributed by atoms with Crippen molar-refractivity contribution in [1.29, 1.82) is 0 Å². The van der Waals surface area contributed by atoms with Crippen molar-refractivity contribution in [3.63, 3.8) is 0 Å². The van der Waals surface area contributed by atoms with Crippen LogP contribution in [-0.4, -0.2) is 24.0 Å². The van der Waals surface area contributed by atoms with Gasteiger partial charge in [-0.1, -0.05) is 6.07 Å². The molecule has 110 valence electrons. The third kappa shape index (κ3) is 3.07. The zero-order valence-electron chi connectivity index (χ0n) is 12.1. The Morgan fingerprint density at radius 1 is 1.33 bits per heavy atom. The summed E-state index contributed by atoms with van der Waals surface area (Å²) in [6.45, 7) is 4.42. The molecule has 0 spiro atoms. The van der Waals surface area contributed by atoms with Crippen LogP contribution in [0.15, 0.2) is 35.1 Å². The second kappa shape index (κ2) is 5.99. The number of hydrogen-bond donors (Lipinski definition) is 1. The van der Waals surface area contributed by atoms with E-state index in [1.807, 2.05) is 18.3 Å². The minimum Gasteiger partial charge on any atom is -0.469 e. The number of aromatic nitrogens is 1. The summed E-state index contributed by atoms with van der Waals surface area (Å²) in [7, 11) is 0. The molecule has 1 saturated heterocycles. The molecule has 2 aromatic heterocycles. The molecular formula is C16H19N3O2. The molecule has 21 heavy (non-hydrogen) atoms. The third-order valence-electron chi connectivity index (χ3n) is 3.80. The molecule has 0 saturated carbocycles. The highest BCUT2D eigenvalue weighted by Crippen LogP contribution is 2.17. The number of rotatable bonds is 4. The van der Waals surface area contributed by atoms with Gasteiger partial charge in [0.15, 0.2) is 0 Å². The minimum atomic E-state index is -0.120. The zero-order chi connectivity index (χ0) is 14.7. The Morgan fingerprint density at radius 2 is 2.14 bits per heavy atom. The summed E-state index contributed by atoms with van der Waals surface area (Å²) in [6.07, 6.45) is 5.83. The fourth-order valence-corrected chi connectivity index (χ4v) is 2.55. The van der Waals surface area contributed by atoms with Crippen molar-refractivity contribution < 1.29 is 9.21 Å². The number of hydrogen-bond acceptors (Lipinski definition) is 4. The van der Waals surface area contributed by atoms with Gasteiger partial charge >= 0.3 is 0 Å². The van der Waals surface area contributed by atoms with Crippen molar-refractivity contribution in [3.05, 3.63) is 47.5 Å². The molecule has 3 heterocycles. The standard InChI is InChI=1S/C16H19N3O2/c1-12-14(6-9-21-12)16(20)18-11-13-4-5-15(17-10-13)19-7-2-3-8-19/h4-6,9-10H,2-3,7-8,11H2,1H3,(H,18,20). The molecule has 1 aliphatic rings. The van der Waals surface area contributed by atoms with Gasteiger partial charge < -0.3 is 14.6 Å². The van der Waals surface area contributed by atoms with Gasteiger partial charge in [-0.3, -0.25) is 4.79 Å². The molecule has 1 aliphatic heterocycles. The summed E-state index contributed by atoms with van der Waals surface area (Å²) in [5, 5.41) is 2.88. The molecule has 1 fully saturated rings. The lowest BCUT2D eigenvalue weighted by Gasteiger charge is -2.16. The molecule has 0 aromatic carbocycles. The SMILES string of the molecule is Cc1occc1C(=O)NCc1ccc(N2CCCC2)nc1. The van der Waals surface area contributed by atoms with Crippen LogP contribution >= 0.6 is 0 Å². The van der Waals surface area contributed by atoms with Crippen LogP contribution in [-0.2, 0) is 6.54 Å². The fraction of sp³-hybridized carbons (Fsp3) is 0.375. The highest BCUT2D eigenvalue weighted by molar-refractivity contribution is 5.94. The van der Waals surface area contributed by atoms with Gasteiger partial charge in [-0.05, 0) is 37.5 Å². The molecule has 1 N–H and O–H groups in total. The van der Waals surface area contributed by atoms with Crippen molar-refractivity contribution in [3.8, 4) is 0 Å². The van der Waals surface area contributed by atoms with Crippen molar-refractivity contribution in [2.45, 2.75) is 26.3 Å². The number of aryl methyl sites for hydroxylation is 1. The molecule has 0 unspecified atom stereocenters. The topological polar surface area (TPSA) is 58.4 Å². The lowest BCUT2D eigenvalue weighted by Crippen LogP contribution is -2.23. The lowest BCUT2D eigenvalue weighted by molar-refractivity contribution is 0.0949. The number of carbonyl (C=O) groups excluding carboxylic acids is 1. The zero-order valence-corrected chi connectivity index (χ0v) is 12.1. The normalized spacial score (nSPS) is 14.4. The summed E-state index contributed by atoms with van der Waals surface area (Å²) in [5.41, 5.74) is 1.57. The maximum Gasteiger partial charge on any atom is 0.255 e. The van der Waals surface area contributed by atoms with Crippen molar-refractivity contribution in [1.82, 2.24) is 10.3 Å². The Balaban J connectivity index is 1.58. The van der Waals surface area contributed by atoms with E-state index in [4.69, 9.17) is 4.42 Å². The van der Waals surface area contributed by atoms with Gasteiger partial charge in [0.05, 0.1) is 11.8 Å². The van der Waals surface area contributed by atoms with Crippen molar-refractivity contribution in [2.75, 3.05) is 18.0 Å². The van der Waals surface area contributed by atoms with Crippen LogP contribution in [0.3, 0.4) is 0 Å². The van der Waals surface area contributed by atoms with E-state index in [9.17, 15) is 4.79 Å². The summed E-state index contributed by atoms with van der Waals surface area (Å²) in [5.74, 6) is 1.54. The Morgan fingerprint density at radius 3 is 2.76 bits per heavy atom. The first-order valence-electron chi connectivity index (χ1n) is 7.26. The summed E-state index contributed by atoms with van der Waals surface area (Å²) >= 11 is 0. The average Bonchev–Trinajstić information content (AvgIpc) is 3.16. The van der Waals surface area contributed by atoms with E-state index in [2.05, 4.69) is 15.2 Å².